The Kier molecular flexibility index (Phi) is 4.67. The van der Waals surface area contributed by atoms with Crippen molar-refractivity contribution in [3.63, 3.8) is 0 Å². The van der Waals surface area contributed by atoms with E-state index in [0.717, 1.165) is 22.1 Å². The Morgan fingerprint density at radius 1 is 1.22 bits per heavy atom. The molecule has 1 aromatic heterocycles. The summed E-state index contributed by atoms with van der Waals surface area (Å²) >= 11 is 1.69. The summed E-state index contributed by atoms with van der Waals surface area (Å²) in [6.45, 7) is 0. The highest BCUT2D eigenvalue weighted by atomic mass is 32.2. The zero-order valence-electron chi connectivity index (χ0n) is 13.2. The Balaban J connectivity index is 1.59. The minimum absolute atomic E-state index is 0.256. The lowest BCUT2D eigenvalue weighted by Gasteiger charge is -2.12. The number of nitrogens with zero attached hydrogens (tertiary/aromatic N) is 3. The molecule has 0 bridgehead atoms. The Labute approximate surface area is 140 Å². The van der Waals surface area contributed by atoms with Gasteiger partial charge in [0.25, 0.3) is 0 Å². The van der Waals surface area contributed by atoms with Gasteiger partial charge in [-0.25, -0.2) is 9.98 Å². The van der Waals surface area contributed by atoms with Crippen LogP contribution in [0.25, 0.3) is 6.08 Å². The van der Waals surface area contributed by atoms with Crippen LogP contribution in [-0.2, 0) is 0 Å². The molecule has 0 saturated heterocycles. The fraction of sp³-hybridized carbons (Fsp3) is 0.222. The van der Waals surface area contributed by atoms with Gasteiger partial charge in [0.2, 0.25) is 0 Å². The smallest absolute Gasteiger partial charge is 0.127 e. The van der Waals surface area contributed by atoms with Crippen molar-refractivity contribution in [1.29, 1.82) is 0 Å². The molecule has 1 aromatic rings. The van der Waals surface area contributed by atoms with Crippen molar-refractivity contribution in [3.05, 3.63) is 65.7 Å². The molecule has 2 aliphatic rings. The maximum absolute atomic E-state index is 9.55. The fourth-order valence-corrected chi connectivity index (χ4v) is 3.42. The summed E-state index contributed by atoms with van der Waals surface area (Å²) in [5, 5.41) is 10.8. The Morgan fingerprint density at radius 3 is 2.78 bits per heavy atom. The van der Waals surface area contributed by atoms with Crippen molar-refractivity contribution in [2.24, 2.45) is 4.99 Å². The van der Waals surface area contributed by atoms with Gasteiger partial charge in [0.05, 0.1) is 21.7 Å². The molecule has 3 rings (SSSR count). The Morgan fingerprint density at radius 2 is 2.04 bits per heavy atom. The van der Waals surface area contributed by atoms with Crippen molar-refractivity contribution in [2.75, 3.05) is 19.0 Å². The van der Waals surface area contributed by atoms with Gasteiger partial charge in [-0.2, -0.15) is 0 Å². The summed E-state index contributed by atoms with van der Waals surface area (Å²) in [4.78, 5) is 10.9. The number of aliphatic hydroxyl groups excluding tert-OH is 1. The summed E-state index contributed by atoms with van der Waals surface area (Å²) < 4.78 is 0. The highest BCUT2D eigenvalue weighted by Crippen LogP contribution is 2.36. The maximum Gasteiger partial charge on any atom is 0.127 e. The van der Waals surface area contributed by atoms with Gasteiger partial charge >= 0.3 is 0 Å². The van der Waals surface area contributed by atoms with Gasteiger partial charge < -0.3 is 10.0 Å². The molecule has 1 aliphatic heterocycles. The third-order valence-electron chi connectivity index (χ3n) is 3.54. The number of aliphatic imine (C=N–C) groups is 1. The third kappa shape index (κ3) is 3.93. The molecular formula is C18H19N3OS. The number of rotatable bonds is 4. The van der Waals surface area contributed by atoms with Crippen molar-refractivity contribution in [3.8, 4) is 0 Å². The maximum atomic E-state index is 9.55. The van der Waals surface area contributed by atoms with Gasteiger partial charge in [0.15, 0.2) is 0 Å². The Bertz CT molecular complexity index is 727. The predicted octanol–water partition coefficient (Wildman–Crippen LogP) is 3.96. The van der Waals surface area contributed by atoms with Crippen LogP contribution in [0.5, 0.6) is 0 Å². The molecule has 1 atom stereocenters. The van der Waals surface area contributed by atoms with Crippen molar-refractivity contribution < 1.29 is 5.11 Å². The third-order valence-corrected chi connectivity index (χ3v) is 4.70. The molecule has 2 heterocycles. The second-order valence-electron chi connectivity index (χ2n) is 5.57. The number of thioether (sulfide) groups is 1. The number of hydrogen-bond acceptors (Lipinski definition) is 5. The van der Waals surface area contributed by atoms with Crippen LogP contribution in [0.3, 0.4) is 0 Å². The van der Waals surface area contributed by atoms with Crippen LogP contribution in [0.2, 0.25) is 0 Å². The average Bonchev–Trinajstić information content (AvgIpc) is 2.94. The minimum Gasteiger partial charge on any atom is -0.512 e. The number of fused-ring (bicyclic) bond motifs is 1. The predicted molar refractivity (Wildman–Crippen MR) is 99.0 cm³/mol. The Hall–Kier alpha value is -2.27. The minimum atomic E-state index is 0.256. The van der Waals surface area contributed by atoms with E-state index < -0.39 is 0 Å². The monoisotopic (exact) mass is 325 g/mol. The summed E-state index contributed by atoms with van der Waals surface area (Å²) in [5.41, 5.74) is 2.10. The quantitative estimate of drug-likeness (QED) is 0.851. The second kappa shape index (κ2) is 6.87. The molecule has 1 aliphatic carbocycles. The van der Waals surface area contributed by atoms with E-state index in [9.17, 15) is 5.11 Å². The SMILES string of the molecule is CN(C)c1ccc(/C=C/C=C/C2=NC3=CC=C(O)CC3S2)cn1. The van der Waals surface area contributed by atoms with Gasteiger partial charge in [0, 0.05) is 26.7 Å². The molecule has 0 amide bonds. The molecule has 0 radical (unpaired) electrons. The zero-order valence-corrected chi connectivity index (χ0v) is 14.0. The second-order valence-corrected chi connectivity index (χ2v) is 6.80. The van der Waals surface area contributed by atoms with E-state index in [1.54, 1.807) is 17.8 Å². The van der Waals surface area contributed by atoms with Gasteiger partial charge in [-0.15, -0.1) is 0 Å². The van der Waals surface area contributed by atoms with Crippen LogP contribution in [0.1, 0.15) is 12.0 Å². The largest absolute Gasteiger partial charge is 0.512 e. The van der Waals surface area contributed by atoms with Crippen LogP contribution >= 0.6 is 11.8 Å². The van der Waals surface area contributed by atoms with E-state index in [2.05, 4.69) is 9.98 Å². The van der Waals surface area contributed by atoms with Crippen LogP contribution in [0, 0.1) is 0 Å². The van der Waals surface area contributed by atoms with Crippen LogP contribution in [0.15, 0.2) is 65.2 Å². The first-order chi connectivity index (χ1) is 11.1. The van der Waals surface area contributed by atoms with Crippen molar-refractivity contribution >= 4 is 28.7 Å². The lowest BCUT2D eigenvalue weighted by atomic mass is 10.1. The number of aliphatic hydroxyl groups is 1. The first kappa shape index (κ1) is 15.6. The molecule has 5 heteroatoms. The van der Waals surface area contributed by atoms with E-state index in [4.69, 9.17) is 0 Å². The van der Waals surface area contributed by atoms with Gasteiger partial charge in [0.1, 0.15) is 5.82 Å². The molecular weight excluding hydrogens is 306 g/mol. The number of aromatic nitrogens is 1. The van der Waals surface area contributed by atoms with Crippen LogP contribution in [0.4, 0.5) is 5.82 Å². The van der Waals surface area contributed by atoms with Crippen LogP contribution < -0.4 is 4.90 Å². The van der Waals surface area contributed by atoms with E-state index in [1.807, 2.05) is 67.7 Å². The van der Waals surface area contributed by atoms with E-state index >= 15 is 0 Å². The summed E-state index contributed by atoms with van der Waals surface area (Å²) in [7, 11) is 3.95. The first-order valence-electron chi connectivity index (χ1n) is 7.45. The fourth-order valence-electron chi connectivity index (χ4n) is 2.30. The number of pyridine rings is 1. The molecule has 0 spiro atoms. The first-order valence-corrected chi connectivity index (χ1v) is 8.33. The molecule has 1 N–H and O–H groups in total. The lowest BCUT2D eigenvalue weighted by molar-refractivity contribution is 0.387. The van der Waals surface area contributed by atoms with E-state index in [-0.39, 0.29) is 5.25 Å². The molecule has 0 fully saturated rings. The van der Waals surface area contributed by atoms with E-state index in [1.165, 1.54) is 0 Å². The number of hydrogen-bond donors (Lipinski definition) is 1. The zero-order chi connectivity index (χ0) is 16.2. The normalized spacial score (nSPS) is 20.4. The number of allylic oxidation sites excluding steroid dienone is 5. The molecule has 1 unspecified atom stereocenters. The summed E-state index contributed by atoms with van der Waals surface area (Å²) in [5.74, 6) is 1.38. The summed E-state index contributed by atoms with van der Waals surface area (Å²) in [6.07, 6.45) is 14.1. The molecule has 118 valence electrons. The molecule has 4 nitrogen and oxygen atoms in total. The van der Waals surface area contributed by atoms with Gasteiger partial charge in [-0.1, -0.05) is 30.0 Å². The standard InChI is InChI=1S/C18H19N3OS/c1-21(2)17-10-7-13(12-19-17)5-3-4-6-18-20-15-9-8-14(22)11-16(15)23-18/h3-10,12,16,22H,11H2,1-2H3/b5-3+,6-4+. The van der Waals surface area contributed by atoms with Gasteiger partial charge in [-0.05, 0) is 35.9 Å². The summed E-state index contributed by atoms with van der Waals surface area (Å²) in [6, 6.07) is 4.04. The van der Waals surface area contributed by atoms with Crippen LogP contribution in [-0.4, -0.2) is 34.5 Å². The highest BCUT2D eigenvalue weighted by molar-refractivity contribution is 8.15. The average molecular weight is 325 g/mol. The molecule has 23 heavy (non-hydrogen) atoms. The van der Waals surface area contributed by atoms with Crippen molar-refractivity contribution in [1.82, 2.24) is 4.98 Å². The van der Waals surface area contributed by atoms with Crippen molar-refractivity contribution in [2.45, 2.75) is 11.7 Å². The lowest BCUT2D eigenvalue weighted by Crippen LogP contribution is -2.09. The van der Waals surface area contributed by atoms with E-state index in [0.29, 0.717) is 12.2 Å². The topological polar surface area (TPSA) is 48.7 Å². The number of anilines is 1. The molecule has 0 aromatic carbocycles. The highest BCUT2D eigenvalue weighted by Gasteiger charge is 2.26. The van der Waals surface area contributed by atoms with Gasteiger partial charge in [-0.3, -0.25) is 0 Å². The molecule has 0 saturated carbocycles.